The molecule has 0 saturated carbocycles. The SMILES string of the molecule is CCc1ccc(Br)cc1CN=C=O. The molecule has 13 heavy (non-hydrogen) atoms. The Morgan fingerprint density at radius 1 is 1.46 bits per heavy atom. The van der Waals surface area contributed by atoms with E-state index in [2.05, 4.69) is 27.8 Å². The summed E-state index contributed by atoms with van der Waals surface area (Å²) in [5, 5.41) is 0. The van der Waals surface area contributed by atoms with Gasteiger partial charge in [0.05, 0.1) is 6.54 Å². The largest absolute Gasteiger partial charge is 0.235 e. The summed E-state index contributed by atoms with van der Waals surface area (Å²) >= 11 is 3.38. The lowest BCUT2D eigenvalue weighted by atomic mass is 10.1. The van der Waals surface area contributed by atoms with E-state index in [0.717, 1.165) is 16.5 Å². The van der Waals surface area contributed by atoms with Crippen LogP contribution in [0, 0.1) is 0 Å². The van der Waals surface area contributed by atoms with Gasteiger partial charge in [-0.3, -0.25) is 0 Å². The first kappa shape index (κ1) is 10.2. The van der Waals surface area contributed by atoms with Gasteiger partial charge in [-0.25, -0.2) is 9.79 Å². The zero-order valence-corrected chi connectivity index (χ0v) is 8.97. The van der Waals surface area contributed by atoms with Crippen LogP contribution in [0.2, 0.25) is 0 Å². The second-order valence-electron chi connectivity index (χ2n) is 2.67. The Kier molecular flexibility index (Phi) is 3.87. The molecule has 0 radical (unpaired) electrons. The number of hydrogen-bond acceptors (Lipinski definition) is 2. The molecule has 0 amide bonds. The number of benzene rings is 1. The maximum atomic E-state index is 9.96. The van der Waals surface area contributed by atoms with E-state index in [1.54, 1.807) is 6.08 Å². The molecule has 0 spiro atoms. The van der Waals surface area contributed by atoms with Gasteiger partial charge < -0.3 is 0 Å². The zero-order chi connectivity index (χ0) is 9.68. The minimum atomic E-state index is 0.423. The molecule has 1 aromatic rings. The van der Waals surface area contributed by atoms with Crippen LogP contribution in [0.15, 0.2) is 27.7 Å². The molecule has 0 aliphatic rings. The molecule has 2 nitrogen and oxygen atoms in total. The Labute approximate surface area is 85.8 Å². The molecule has 3 heteroatoms. The van der Waals surface area contributed by atoms with E-state index in [9.17, 15) is 4.79 Å². The maximum absolute atomic E-state index is 9.96. The maximum Gasteiger partial charge on any atom is 0.235 e. The van der Waals surface area contributed by atoms with Crippen LogP contribution in [0.25, 0.3) is 0 Å². The first-order valence-electron chi connectivity index (χ1n) is 4.09. The van der Waals surface area contributed by atoms with Gasteiger partial charge in [0.25, 0.3) is 0 Å². The lowest BCUT2D eigenvalue weighted by Crippen LogP contribution is -1.90. The van der Waals surface area contributed by atoms with Crippen molar-refractivity contribution >= 4 is 22.0 Å². The third-order valence-corrected chi connectivity index (χ3v) is 2.36. The van der Waals surface area contributed by atoms with Gasteiger partial charge in [-0.2, -0.15) is 0 Å². The molecule has 0 unspecified atom stereocenters. The third kappa shape index (κ3) is 2.79. The number of aryl methyl sites for hydroxylation is 1. The molecule has 0 heterocycles. The summed E-state index contributed by atoms with van der Waals surface area (Å²) in [6.07, 6.45) is 2.50. The lowest BCUT2D eigenvalue weighted by molar-refractivity contribution is 0.562. The molecule has 0 fully saturated rings. The van der Waals surface area contributed by atoms with Crippen LogP contribution in [-0.2, 0) is 17.8 Å². The Morgan fingerprint density at radius 2 is 2.23 bits per heavy atom. The van der Waals surface area contributed by atoms with Crippen LogP contribution in [-0.4, -0.2) is 6.08 Å². The summed E-state index contributed by atoms with van der Waals surface area (Å²) in [5.41, 5.74) is 2.31. The predicted molar refractivity (Wildman–Crippen MR) is 55.3 cm³/mol. The van der Waals surface area contributed by atoms with Crippen LogP contribution in [0.5, 0.6) is 0 Å². The van der Waals surface area contributed by atoms with Gasteiger partial charge in [-0.1, -0.05) is 28.9 Å². The second kappa shape index (κ2) is 4.95. The van der Waals surface area contributed by atoms with Crippen LogP contribution in [0.3, 0.4) is 0 Å². The Morgan fingerprint density at radius 3 is 2.85 bits per heavy atom. The van der Waals surface area contributed by atoms with Crippen LogP contribution in [0.1, 0.15) is 18.1 Å². The molecule has 0 N–H and O–H groups in total. The highest BCUT2D eigenvalue weighted by Gasteiger charge is 2.00. The number of isocyanates is 1. The zero-order valence-electron chi connectivity index (χ0n) is 7.38. The normalized spacial score (nSPS) is 9.38. The second-order valence-corrected chi connectivity index (χ2v) is 3.59. The third-order valence-electron chi connectivity index (χ3n) is 1.86. The standard InChI is InChI=1S/C10H10BrNO/c1-2-8-3-4-10(11)5-9(8)6-12-7-13/h3-5H,2,6H2,1H3. The van der Waals surface area contributed by atoms with E-state index >= 15 is 0 Å². The number of halogens is 1. The molecule has 0 bridgehead atoms. The molecular formula is C10H10BrNO. The van der Waals surface area contributed by atoms with Crippen molar-refractivity contribution in [2.24, 2.45) is 4.99 Å². The van der Waals surface area contributed by atoms with E-state index in [4.69, 9.17) is 0 Å². The van der Waals surface area contributed by atoms with Gasteiger partial charge in [0.1, 0.15) is 0 Å². The fraction of sp³-hybridized carbons (Fsp3) is 0.300. The highest BCUT2D eigenvalue weighted by Crippen LogP contribution is 2.17. The number of aliphatic imine (C=N–C) groups is 1. The van der Waals surface area contributed by atoms with Crippen LogP contribution < -0.4 is 0 Å². The van der Waals surface area contributed by atoms with Crippen LogP contribution >= 0.6 is 15.9 Å². The number of hydrogen-bond donors (Lipinski definition) is 0. The van der Waals surface area contributed by atoms with Crippen LogP contribution in [0.4, 0.5) is 0 Å². The van der Waals surface area contributed by atoms with E-state index in [1.807, 2.05) is 18.2 Å². The number of nitrogens with zero attached hydrogens (tertiary/aromatic N) is 1. The van der Waals surface area contributed by atoms with Crippen molar-refractivity contribution in [1.82, 2.24) is 0 Å². The average molecular weight is 240 g/mol. The summed E-state index contributed by atoms with van der Waals surface area (Å²) in [4.78, 5) is 13.5. The summed E-state index contributed by atoms with van der Waals surface area (Å²) in [6, 6.07) is 6.02. The van der Waals surface area contributed by atoms with Gasteiger partial charge >= 0.3 is 0 Å². The van der Waals surface area contributed by atoms with Gasteiger partial charge in [-0.05, 0) is 29.7 Å². The quantitative estimate of drug-likeness (QED) is 0.590. The van der Waals surface area contributed by atoms with Crippen molar-refractivity contribution in [3.8, 4) is 0 Å². The van der Waals surface area contributed by atoms with Crippen molar-refractivity contribution in [3.05, 3.63) is 33.8 Å². The number of rotatable bonds is 3. The molecule has 0 saturated heterocycles. The summed E-state index contributed by atoms with van der Waals surface area (Å²) < 4.78 is 1.01. The van der Waals surface area contributed by atoms with Gasteiger partial charge in [0.2, 0.25) is 6.08 Å². The van der Waals surface area contributed by atoms with Crippen molar-refractivity contribution in [2.75, 3.05) is 0 Å². The van der Waals surface area contributed by atoms with Gasteiger partial charge in [0, 0.05) is 4.47 Å². The highest BCUT2D eigenvalue weighted by atomic mass is 79.9. The molecule has 68 valence electrons. The molecule has 0 atom stereocenters. The van der Waals surface area contributed by atoms with Gasteiger partial charge in [0.15, 0.2) is 0 Å². The van der Waals surface area contributed by atoms with Gasteiger partial charge in [-0.15, -0.1) is 0 Å². The molecule has 0 aromatic heterocycles. The minimum Gasteiger partial charge on any atom is -0.211 e. The van der Waals surface area contributed by atoms with E-state index in [0.29, 0.717) is 6.54 Å². The summed E-state index contributed by atoms with van der Waals surface area (Å²) in [5.74, 6) is 0. The first-order chi connectivity index (χ1) is 6.27. The molecule has 1 aromatic carbocycles. The molecular weight excluding hydrogens is 230 g/mol. The predicted octanol–water partition coefficient (Wildman–Crippen LogP) is 2.85. The Bertz CT molecular complexity index is 343. The van der Waals surface area contributed by atoms with Crippen molar-refractivity contribution in [1.29, 1.82) is 0 Å². The van der Waals surface area contributed by atoms with Crippen molar-refractivity contribution in [2.45, 2.75) is 19.9 Å². The smallest absolute Gasteiger partial charge is 0.211 e. The molecule has 1 rings (SSSR count). The molecule has 0 aliphatic carbocycles. The fourth-order valence-corrected chi connectivity index (χ4v) is 1.61. The molecule has 0 aliphatic heterocycles. The lowest BCUT2D eigenvalue weighted by Gasteiger charge is -2.04. The van der Waals surface area contributed by atoms with Crippen molar-refractivity contribution < 1.29 is 4.79 Å². The summed E-state index contributed by atoms with van der Waals surface area (Å²) in [6.45, 7) is 2.50. The van der Waals surface area contributed by atoms with E-state index in [1.165, 1.54) is 5.56 Å². The van der Waals surface area contributed by atoms with Crippen molar-refractivity contribution in [3.63, 3.8) is 0 Å². The van der Waals surface area contributed by atoms with E-state index in [-0.39, 0.29) is 0 Å². The Balaban J connectivity index is 3.00. The Hall–Kier alpha value is -0.920. The summed E-state index contributed by atoms with van der Waals surface area (Å²) in [7, 11) is 0. The topological polar surface area (TPSA) is 29.4 Å². The average Bonchev–Trinajstić information content (AvgIpc) is 2.15. The number of carbonyl (C=O) groups excluding carboxylic acids is 1. The monoisotopic (exact) mass is 239 g/mol. The highest BCUT2D eigenvalue weighted by molar-refractivity contribution is 9.10. The fourth-order valence-electron chi connectivity index (χ4n) is 1.20. The first-order valence-corrected chi connectivity index (χ1v) is 4.88. The van der Waals surface area contributed by atoms with E-state index < -0.39 is 0 Å². The minimum absolute atomic E-state index is 0.423.